The number of anilines is 1. The Bertz CT molecular complexity index is 563. The highest BCUT2D eigenvalue weighted by atomic mass is 32.1. The van der Waals surface area contributed by atoms with Crippen molar-refractivity contribution in [1.29, 1.82) is 0 Å². The lowest BCUT2D eigenvalue weighted by atomic mass is 10.2. The third kappa shape index (κ3) is 4.06. The minimum absolute atomic E-state index is 0.0695. The quantitative estimate of drug-likeness (QED) is 0.858. The van der Waals surface area contributed by atoms with Gasteiger partial charge in [-0.2, -0.15) is 0 Å². The van der Waals surface area contributed by atoms with E-state index in [9.17, 15) is 4.79 Å². The van der Waals surface area contributed by atoms with Crippen molar-refractivity contribution in [3.05, 3.63) is 45.9 Å². The highest BCUT2D eigenvalue weighted by molar-refractivity contribution is 7.11. The summed E-state index contributed by atoms with van der Waals surface area (Å²) in [7, 11) is 0. The summed E-state index contributed by atoms with van der Waals surface area (Å²) >= 11 is 1.60. The Hall–Kier alpha value is -1.88. The van der Waals surface area contributed by atoms with Crippen molar-refractivity contribution in [2.45, 2.75) is 26.8 Å². The van der Waals surface area contributed by atoms with Gasteiger partial charge in [0.15, 0.2) is 0 Å². The molecule has 0 aliphatic carbocycles. The molecule has 0 aliphatic rings. The second kappa shape index (κ2) is 7.05. The molecule has 1 aromatic carbocycles. The summed E-state index contributed by atoms with van der Waals surface area (Å²) in [6.45, 7) is 5.54. The number of nitrogens with one attached hydrogen (secondary N) is 2. The summed E-state index contributed by atoms with van der Waals surface area (Å²) in [6.07, 6.45) is 2.90. The molecule has 1 aromatic heterocycles. The van der Waals surface area contributed by atoms with Gasteiger partial charge in [0, 0.05) is 28.9 Å². The molecule has 2 rings (SSSR count). The first-order valence-corrected chi connectivity index (χ1v) is 7.54. The van der Waals surface area contributed by atoms with E-state index in [2.05, 4.69) is 22.5 Å². The molecule has 0 bridgehead atoms. The van der Waals surface area contributed by atoms with Crippen molar-refractivity contribution in [3.8, 4) is 0 Å². The van der Waals surface area contributed by atoms with Gasteiger partial charge in [-0.25, -0.2) is 4.98 Å². The molecule has 2 aromatic rings. The van der Waals surface area contributed by atoms with Crippen LogP contribution in [0.3, 0.4) is 0 Å². The Kier molecular flexibility index (Phi) is 5.12. The van der Waals surface area contributed by atoms with Crippen LogP contribution in [0.25, 0.3) is 0 Å². The lowest BCUT2D eigenvalue weighted by Gasteiger charge is -2.06. The maximum Gasteiger partial charge on any atom is 0.251 e. The lowest BCUT2D eigenvalue weighted by molar-refractivity contribution is 0.0951. The van der Waals surface area contributed by atoms with E-state index in [0.717, 1.165) is 28.5 Å². The van der Waals surface area contributed by atoms with Crippen LogP contribution < -0.4 is 10.6 Å². The van der Waals surface area contributed by atoms with Gasteiger partial charge in [0.1, 0.15) is 5.01 Å². The number of carbonyl (C=O) groups excluding carboxylic acids is 1. The minimum atomic E-state index is -0.0695. The molecule has 0 fully saturated rings. The van der Waals surface area contributed by atoms with Crippen LogP contribution in [0.15, 0.2) is 30.5 Å². The van der Waals surface area contributed by atoms with Gasteiger partial charge in [-0.15, -0.1) is 11.3 Å². The van der Waals surface area contributed by atoms with Crippen LogP contribution in [0.4, 0.5) is 5.69 Å². The fourth-order valence-corrected chi connectivity index (χ4v) is 2.48. The van der Waals surface area contributed by atoms with Crippen LogP contribution in [0, 0.1) is 6.92 Å². The Balaban J connectivity index is 1.88. The average molecular weight is 289 g/mol. The predicted molar refractivity (Wildman–Crippen MR) is 83.2 cm³/mol. The zero-order valence-electron chi connectivity index (χ0n) is 11.8. The highest BCUT2D eigenvalue weighted by Gasteiger charge is 2.06. The molecule has 1 heterocycles. The molecule has 0 aliphatic heterocycles. The molecule has 20 heavy (non-hydrogen) atoms. The smallest absolute Gasteiger partial charge is 0.251 e. The van der Waals surface area contributed by atoms with Crippen molar-refractivity contribution in [1.82, 2.24) is 10.3 Å². The summed E-state index contributed by atoms with van der Waals surface area (Å²) in [4.78, 5) is 17.4. The van der Waals surface area contributed by atoms with Crippen molar-refractivity contribution in [2.75, 3.05) is 11.9 Å². The monoisotopic (exact) mass is 289 g/mol. The van der Waals surface area contributed by atoms with E-state index in [-0.39, 0.29) is 5.91 Å². The van der Waals surface area contributed by atoms with Crippen molar-refractivity contribution < 1.29 is 4.79 Å². The summed E-state index contributed by atoms with van der Waals surface area (Å²) in [5, 5.41) is 7.09. The molecule has 0 radical (unpaired) electrons. The Morgan fingerprint density at radius 2 is 2.05 bits per heavy atom. The number of carbonyl (C=O) groups is 1. The van der Waals surface area contributed by atoms with Gasteiger partial charge in [0.05, 0.1) is 6.54 Å². The van der Waals surface area contributed by atoms with E-state index in [1.165, 1.54) is 0 Å². The SMILES string of the molecule is CCCNc1ccc(C(=O)NCc2ncc(C)s2)cc1. The Morgan fingerprint density at radius 3 is 2.65 bits per heavy atom. The highest BCUT2D eigenvalue weighted by Crippen LogP contribution is 2.12. The lowest BCUT2D eigenvalue weighted by Crippen LogP contribution is -2.22. The van der Waals surface area contributed by atoms with Gasteiger partial charge in [-0.05, 0) is 37.6 Å². The second-order valence-electron chi connectivity index (χ2n) is 4.55. The van der Waals surface area contributed by atoms with Gasteiger partial charge in [-0.1, -0.05) is 6.92 Å². The predicted octanol–water partition coefficient (Wildman–Crippen LogP) is 3.20. The molecule has 0 unspecified atom stereocenters. The number of hydrogen-bond donors (Lipinski definition) is 2. The number of aromatic nitrogens is 1. The number of amides is 1. The third-order valence-electron chi connectivity index (χ3n) is 2.80. The standard InChI is InChI=1S/C15H19N3OS/c1-3-8-16-13-6-4-12(5-7-13)15(19)18-10-14-17-9-11(2)20-14/h4-7,9,16H,3,8,10H2,1-2H3,(H,18,19). The zero-order valence-corrected chi connectivity index (χ0v) is 12.6. The topological polar surface area (TPSA) is 54.0 Å². The van der Waals surface area contributed by atoms with Gasteiger partial charge in [-0.3, -0.25) is 4.79 Å². The van der Waals surface area contributed by atoms with Gasteiger partial charge >= 0.3 is 0 Å². The van der Waals surface area contributed by atoms with E-state index in [0.29, 0.717) is 12.1 Å². The van der Waals surface area contributed by atoms with E-state index in [4.69, 9.17) is 0 Å². The first-order chi connectivity index (χ1) is 9.69. The molecule has 106 valence electrons. The van der Waals surface area contributed by atoms with Crippen LogP contribution in [0.5, 0.6) is 0 Å². The molecular formula is C15H19N3OS. The summed E-state index contributed by atoms with van der Waals surface area (Å²) in [5.41, 5.74) is 1.71. The maximum atomic E-state index is 12.0. The van der Waals surface area contributed by atoms with Gasteiger partial charge in [0.25, 0.3) is 5.91 Å². The molecular weight excluding hydrogens is 270 g/mol. The van der Waals surface area contributed by atoms with Gasteiger partial charge in [0.2, 0.25) is 0 Å². The molecule has 5 heteroatoms. The molecule has 0 saturated carbocycles. The average Bonchev–Trinajstić information content (AvgIpc) is 2.89. The molecule has 1 amide bonds. The minimum Gasteiger partial charge on any atom is -0.385 e. The molecule has 0 saturated heterocycles. The van der Waals surface area contributed by atoms with Crippen molar-refractivity contribution in [3.63, 3.8) is 0 Å². The fraction of sp³-hybridized carbons (Fsp3) is 0.333. The first-order valence-electron chi connectivity index (χ1n) is 6.72. The van der Waals surface area contributed by atoms with Crippen molar-refractivity contribution in [2.24, 2.45) is 0 Å². The fourth-order valence-electron chi connectivity index (χ4n) is 1.75. The van der Waals surface area contributed by atoms with E-state index < -0.39 is 0 Å². The summed E-state index contributed by atoms with van der Waals surface area (Å²) in [5.74, 6) is -0.0695. The Labute approximate surface area is 123 Å². The molecule has 2 N–H and O–H groups in total. The molecule has 4 nitrogen and oxygen atoms in total. The Morgan fingerprint density at radius 1 is 1.30 bits per heavy atom. The maximum absolute atomic E-state index is 12.0. The van der Waals surface area contributed by atoms with Crippen LogP contribution in [0.2, 0.25) is 0 Å². The van der Waals surface area contributed by atoms with Crippen LogP contribution >= 0.6 is 11.3 Å². The number of rotatable bonds is 6. The summed E-state index contributed by atoms with van der Waals surface area (Å²) in [6, 6.07) is 7.52. The van der Waals surface area contributed by atoms with Crippen molar-refractivity contribution >= 4 is 22.9 Å². The van der Waals surface area contributed by atoms with E-state index in [1.807, 2.05) is 37.4 Å². The van der Waals surface area contributed by atoms with Crippen LogP contribution in [-0.4, -0.2) is 17.4 Å². The van der Waals surface area contributed by atoms with Crippen LogP contribution in [0.1, 0.15) is 33.6 Å². The number of thiazole rings is 1. The van der Waals surface area contributed by atoms with E-state index >= 15 is 0 Å². The normalized spacial score (nSPS) is 10.3. The largest absolute Gasteiger partial charge is 0.385 e. The first kappa shape index (κ1) is 14.5. The second-order valence-corrected chi connectivity index (χ2v) is 5.87. The molecule has 0 spiro atoms. The number of benzene rings is 1. The number of nitrogens with zero attached hydrogens (tertiary/aromatic N) is 1. The van der Waals surface area contributed by atoms with E-state index in [1.54, 1.807) is 11.3 Å². The van der Waals surface area contributed by atoms with Gasteiger partial charge < -0.3 is 10.6 Å². The zero-order chi connectivity index (χ0) is 14.4. The number of aryl methyl sites for hydroxylation is 1. The third-order valence-corrected chi connectivity index (χ3v) is 3.71. The summed E-state index contributed by atoms with van der Waals surface area (Å²) < 4.78 is 0. The number of hydrogen-bond acceptors (Lipinski definition) is 4. The van der Waals surface area contributed by atoms with Crippen LogP contribution in [-0.2, 0) is 6.54 Å². The molecule has 0 atom stereocenters.